The van der Waals surface area contributed by atoms with Crippen LogP contribution >= 0.6 is 11.8 Å². The topological polar surface area (TPSA) is 113 Å². The third kappa shape index (κ3) is 8.53. The Balaban J connectivity index is 0.965. The molecule has 0 aliphatic carbocycles. The number of hydrogen-bond acceptors (Lipinski definition) is 6. The van der Waals surface area contributed by atoms with E-state index in [2.05, 4.69) is 20.9 Å². The van der Waals surface area contributed by atoms with Crippen molar-refractivity contribution >= 4 is 58.0 Å². The van der Waals surface area contributed by atoms with Gasteiger partial charge in [0.15, 0.2) is 5.58 Å². The molecule has 1 aromatic heterocycles. The Morgan fingerprint density at radius 1 is 0.615 bits per heavy atom. The summed E-state index contributed by atoms with van der Waals surface area (Å²) >= 11 is 1.37. The lowest BCUT2D eigenvalue weighted by Gasteiger charge is -2.12. The first-order chi connectivity index (χ1) is 25.5. The molecule has 0 spiro atoms. The molecule has 0 aliphatic heterocycles. The molecule has 7 rings (SSSR count). The molecule has 52 heavy (non-hydrogen) atoms. The fraction of sp³-hybridized carbons (Fsp3) is 0.0233. The highest BCUT2D eigenvalue weighted by Gasteiger charge is 2.16. The quantitative estimate of drug-likeness (QED) is 0.0916. The van der Waals surface area contributed by atoms with Gasteiger partial charge in [0, 0.05) is 27.4 Å². The number of hydrogen-bond donors (Lipinski definition) is 3. The number of oxazole rings is 1. The van der Waals surface area contributed by atoms with Gasteiger partial charge in [-0.25, -0.2) is 4.98 Å². The minimum absolute atomic E-state index is 0.0957. The number of rotatable bonds is 11. The van der Waals surface area contributed by atoms with Crippen LogP contribution in [0.1, 0.15) is 15.9 Å². The SMILES string of the molecule is O=C(CSc1ccc(NC(=O)/C(=C/c2ccc(-c3ccccc3)cc2)NC(=O)c2ccccc2)cc1)Nc1ccc(-c2nc3ccccc3o2)cc1. The third-order valence-corrected chi connectivity index (χ3v) is 9.06. The first-order valence-electron chi connectivity index (χ1n) is 16.5. The standard InChI is InChI=1S/C43H32N4O4S/c48-40(44-34-21-19-33(20-22-34)43-47-37-13-7-8-14-39(37)51-43)28-52-36-25-23-35(24-26-36)45-42(50)38(46-41(49)32-11-5-2-6-12-32)27-29-15-17-31(18-16-29)30-9-3-1-4-10-30/h1-27H,28H2,(H,44,48)(H,45,50)(H,46,49)/b38-27-. The zero-order valence-electron chi connectivity index (χ0n) is 27.8. The van der Waals surface area contributed by atoms with Crippen molar-refractivity contribution in [2.24, 2.45) is 0 Å². The van der Waals surface area contributed by atoms with Gasteiger partial charge in [0.2, 0.25) is 11.8 Å². The van der Waals surface area contributed by atoms with Crippen molar-refractivity contribution < 1.29 is 18.8 Å². The Labute approximate surface area is 304 Å². The highest BCUT2D eigenvalue weighted by Crippen LogP contribution is 2.26. The molecule has 3 N–H and O–H groups in total. The summed E-state index contributed by atoms with van der Waals surface area (Å²) in [6.07, 6.45) is 1.65. The summed E-state index contributed by atoms with van der Waals surface area (Å²) in [5.41, 5.74) is 6.93. The number of aromatic nitrogens is 1. The Morgan fingerprint density at radius 2 is 1.21 bits per heavy atom. The lowest BCUT2D eigenvalue weighted by Crippen LogP contribution is -2.30. The molecule has 0 saturated carbocycles. The van der Waals surface area contributed by atoms with Crippen LogP contribution in [0.15, 0.2) is 173 Å². The van der Waals surface area contributed by atoms with Crippen molar-refractivity contribution in [3.63, 3.8) is 0 Å². The maximum Gasteiger partial charge on any atom is 0.272 e. The van der Waals surface area contributed by atoms with E-state index in [0.29, 0.717) is 22.8 Å². The smallest absolute Gasteiger partial charge is 0.272 e. The maximum absolute atomic E-state index is 13.5. The predicted molar refractivity (Wildman–Crippen MR) is 208 cm³/mol. The summed E-state index contributed by atoms with van der Waals surface area (Å²) in [4.78, 5) is 44.7. The lowest BCUT2D eigenvalue weighted by atomic mass is 10.0. The number of nitrogens with one attached hydrogen (secondary N) is 3. The van der Waals surface area contributed by atoms with Crippen LogP contribution in [0.2, 0.25) is 0 Å². The number of nitrogens with zero attached hydrogens (tertiary/aromatic N) is 1. The van der Waals surface area contributed by atoms with Gasteiger partial charge in [0.05, 0.1) is 5.75 Å². The highest BCUT2D eigenvalue weighted by molar-refractivity contribution is 8.00. The van der Waals surface area contributed by atoms with Crippen molar-refractivity contribution in [3.8, 4) is 22.6 Å². The van der Waals surface area contributed by atoms with Gasteiger partial charge in [-0.05, 0) is 95.6 Å². The molecule has 0 aliphatic rings. The molecule has 0 atom stereocenters. The zero-order chi connectivity index (χ0) is 35.7. The molecule has 254 valence electrons. The van der Waals surface area contributed by atoms with Crippen LogP contribution in [0.5, 0.6) is 0 Å². The Bertz CT molecular complexity index is 2320. The number of fused-ring (bicyclic) bond motifs is 1. The van der Waals surface area contributed by atoms with Gasteiger partial charge in [-0.2, -0.15) is 0 Å². The van der Waals surface area contributed by atoms with Gasteiger partial charge < -0.3 is 20.4 Å². The summed E-state index contributed by atoms with van der Waals surface area (Å²) in [6, 6.07) is 48.6. The van der Waals surface area contributed by atoms with Gasteiger partial charge in [0.25, 0.3) is 11.8 Å². The summed E-state index contributed by atoms with van der Waals surface area (Å²) in [7, 11) is 0. The molecule has 9 heteroatoms. The Hall–Kier alpha value is -6.71. The van der Waals surface area contributed by atoms with E-state index in [1.807, 2.05) is 121 Å². The van der Waals surface area contributed by atoms with Crippen LogP contribution in [0.25, 0.3) is 39.8 Å². The summed E-state index contributed by atoms with van der Waals surface area (Å²) in [5.74, 6) is -0.310. The van der Waals surface area contributed by atoms with Gasteiger partial charge >= 0.3 is 0 Å². The van der Waals surface area contributed by atoms with Crippen LogP contribution in [0.4, 0.5) is 11.4 Å². The highest BCUT2D eigenvalue weighted by atomic mass is 32.2. The second-order valence-electron chi connectivity index (χ2n) is 11.7. The Kier molecular flexibility index (Phi) is 10.3. The summed E-state index contributed by atoms with van der Waals surface area (Å²) in [6.45, 7) is 0. The van der Waals surface area contributed by atoms with Gasteiger partial charge in [-0.3, -0.25) is 14.4 Å². The van der Waals surface area contributed by atoms with E-state index in [9.17, 15) is 14.4 Å². The maximum atomic E-state index is 13.5. The van der Waals surface area contributed by atoms with Crippen LogP contribution < -0.4 is 16.0 Å². The van der Waals surface area contributed by atoms with Gasteiger partial charge in [0.1, 0.15) is 11.2 Å². The molecule has 0 unspecified atom stereocenters. The van der Waals surface area contributed by atoms with E-state index in [1.165, 1.54) is 11.8 Å². The van der Waals surface area contributed by atoms with Crippen molar-refractivity contribution in [1.82, 2.24) is 10.3 Å². The van der Waals surface area contributed by atoms with E-state index >= 15 is 0 Å². The minimum atomic E-state index is -0.474. The number of carbonyl (C=O) groups is 3. The fourth-order valence-electron chi connectivity index (χ4n) is 5.38. The Morgan fingerprint density at radius 3 is 1.92 bits per heavy atom. The summed E-state index contributed by atoms with van der Waals surface area (Å²) < 4.78 is 5.83. The van der Waals surface area contributed by atoms with E-state index in [1.54, 1.807) is 42.5 Å². The van der Waals surface area contributed by atoms with Crippen molar-refractivity contribution in [1.29, 1.82) is 0 Å². The predicted octanol–water partition coefficient (Wildman–Crippen LogP) is 9.30. The van der Waals surface area contributed by atoms with Gasteiger partial charge in [-0.1, -0.05) is 84.9 Å². The van der Waals surface area contributed by atoms with Crippen molar-refractivity contribution in [2.75, 3.05) is 16.4 Å². The molecule has 0 bridgehead atoms. The number of benzene rings is 6. The normalized spacial score (nSPS) is 11.2. The van der Waals surface area contributed by atoms with Crippen molar-refractivity contribution in [2.45, 2.75) is 4.90 Å². The zero-order valence-corrected chi connectivity index (χ0v) is 28.6. The molecule has 1 heterocycles. The first kappa shape index (κ1) is 33.8. The minimum Gasteiger partial charge on any atom is -0.436 e. The van der Waals surface area contributed by atoms with Crippen LogP contribution in [-0.2, 0) is 9.59 Å². The lowest BCUT2D eigenvalue weighted by molar-refractivity contribution is -0.114. The number of para-hydroxylation sites is 2. The molecule has 7 aromatic rings. The molecule has 0 saturated heterocycles. The number of thioether (sulfide) groups is 1. The molecular weight excluding hydrogens is 669 g/mol. The third-order valence-electron chi connectivity index (χ3n) is 8.05. The molecule has 3 amide bonds. The average molecular weight is 701 g/mol. The van der Waals surface area contributed by atoms with E-state index < -0.39 is 11.8 Å². The van der Waals surface area contributed by atoms with Crippen LogP contribution in [-0.4, -0.2) is 28.5 Å². The molecule has 0 radical (unpaired) electrons. The molecule has 8 nitrogen and oxygen atoms in total. The molecule has 6 aromatic carbocycles. The second-order valence-corrected chi connectivity index (χ2v) is 12.8. The van der Waals surface area contributed by atoms with E-state index in [0.717, 1.165) is 38.2 Å². The van der Waals surface area contributed by atoms with Crippen LogP contribution in [0, 0.1) is 0 Å². The van der Waals surface area contributed by atoms with Crippen LogP contribution in [0.3, 0.4) is 0 Å². The van der Waals surface area contributed by atoms with Gasteiger partial charge in [-0.15, -0.1) is 11.8 Å². The number of amides is 3. The monoisotopic (exact) mass is 700 g/mol. The largest absolute Gasteiger partial charge is 0.436 e. The van der Waals surface area contributed by atoms with E-state index in [4.69, 9.17) is 4.42 Å². The average Bonchev–Trinajstić information content (AvgIpc) is 3.63. The van der Waals surface area contributed by atoms with Crippen molar-refractivity contribution in [3.05, 3.63) is 175 Å². The number of carbonyl (C=O) groups excluding carboxylic acids is 3. The number of anilines is 2. The fourth-order valence-corrected chi connectivity index (χ4v) is 6.08. The second kappa shape index (κ2) is 15.9. The molecular formula is C43H32N4O4S. The summed E-state index contributed by atoms with van der Waals surface area (Å²) in [5, 5.41) is 8.58. The first-order valence-corrected chi connectivity index (χ1v) is 17.5. The molecule has 0 fully saturated rings. The van der Waals surface area contributed by atoms with E-state index in [-0.39, 0.29) is 17.4 Å².